The van der Waals surface area contributed by atoms with E-state index < -0.39 is 9.84 Å². The summed E-state index contributed by atoms with van der Waals surface area (Å²) in [6.45, 7) is 0.491. The molecule has 8 nitrogen and oxygen atoms in total. The zero-order valence-electron chi connectivity index (χ0n) is 15.2. The van der Waals surface area contributed by atoms with E-state index in [2.05, 4.69) is 25.6 Å². The fraction of sp³-hybridized carbons (Fsp3) is 0.0526. The van der Waals surface area contributed by atoms with Crippen LogP contribution in [0.2, 0.25) is 5.02 Å². The van der Waals surface area contributed by atoms with Crippen LogP contribution in [0.5, 0.6) is 0 Å². The van der Waals surface area contributed by atoms with Gasteiger partial charge in [-0.15, -0.1) is 16.4 Å². The fourth-order valence-corrected chi connectivity index (χ4v) is 5.23. The SMILES string of the molecule is O=S(=O)(c1ccc(Cl)cc1)c1nnn2c1nc(NCc1cccnc1)c1sccc12. The monoisotopic (exact) mass is 456 g/mol. The molecule has 150 valence electrons. The average molecular weight is 457 g/mol. The molecule has 4 aromatic heterocycles. The maximum atomic E-state index is 13.2. The highest BCUT2D eigenvalue weighted by atomic mass is 35.5. The predicted molar refractivity (Wildman–Crippen MR) is 115 cm³/mol. The molecule has 0 amide bonds. The second kappa shape index (κ2) is 7.31. The van der Waals surface area contributed by atoms with Crippen molar-refractivity contribution >= 4 is 54.5 Å². The van der Waals surface area contributed by atoms with Gasteiger partial charge in [0.1, 0.15) is 5.82 Å². The van der Waals surface area contributed by atoms with Crippen LogP contribution in [0.25, 0.3) is 15.9 Å². The zero-order valence-corrected chi connectivity index (χ0v) is 17.6. The highest BCUT2D eigenvalue weighted by molar-refractivity contribution is 7.91. The van der Waals surface area contributed by atoms with Crippen LogP contribution in [0.15, 0.2) is 70.2 Å². The van der Waals surface area contributed by atoms with Gasteiger partial charge in [-0.2, -0.15) is 4.52 Å². The van der Waals surface area contributed by atoms with E-state index in [1.165, 1.54) is 40.1 Å². The maximum absolute atomic E-state index is 13.2. The van der Waals surface area contributed by atoms with Gasteiger partial charge in [0.25, 0.3) is 0 Å². The lowest BCUT2D eigenvalue weighted by Crippen LogP contribution is -2.06. The number of sulfone groups is 1. The zero-order chi connectivity index (χ0) is 20.7. The lowest BCUT2D eigenvalue weighted by molar-refractivity contribution is 0.592. The highest BCUT2D eigenvalue weighted by Crippen LogP contribution is 2.31. The van der Waals surface area contributed by atoms with Crippen molar-refractivity contribution < 1.29 is 8.42 Å². The Labute approximate surface area is 180 Å². The van der Waals surface area contributed by atoms with Crippen molar-refractivity contribution in [3.05, 3.63) is 70.8 Å². The van der Waals surface area contributed by atoms with Crippen LogP contribution in [0.3, 0.4) is 0 Å². The molecule has 11 heteroatoms. The van der Waals surface area contributed by atoms with Gasteiger partial charge >= 0.3 is 0 Å². The molecule has 30 heavy (non-hydrogen) atoms. The van der Waals surface area contributed by atoms with Gasteiger partial charge in [0.05, 0.1) is 15.1 Å². The van der Waals surface area contributed by atoms with Crippen LogP contribution < -0.4 is 5.32 Å². The summed E-state index contributed by atoms with van der Waals surface area (Å²) in [5.74, 6) is 0.561. The number of rotatable bonds is 5. The lowest BCUT2D eigenvalue weighted by atomic mass is 10.3. The Morgan fingerprint density at radius 3 is 2.73 bits per heavy atom. The third-order valence-corrected chi connectivity index (χ3v) is 7.31. The summed E-state index contributed by atoms with van der Waals surface area (Å²) in [4.78, 5) is 8.75. The van der Waals surface area contributed by atoms with E-state index in [1.807, 2.05) is 23.6 Å². The number of hydrogen-bond donors (Lipinski definition) is 1. The highest BCUT2D eigenvalue weighted by Gasteiger charge is 2.27. The molecule has 0 aliphatic heterocycles. The van der Waals surface area contributed by atoms with Gasteiger partial charge in [-0.25, -0.2) is 13.4 Å². The Morgan fingerprint density at radius 2 is 1.97 bits per heavy atom. The summed E-state index contributed by atoms with van der Waals surface area (Å²) in [6.07, 6.45) is 3.46. The normalized spacial score (nSPS) is 11.9. The number of halogens is 1. The number of thiophene rings is 1. The number of nitrogens with zero attached hydrogens (tertiary/aromatic N) is 5. The minimum Gasteiger partial charge on any atom is -0.365 e. The molecule has 0 saturated heterocycles. The summed E-state index contributed by atoms with van der Waals surface area (Å²) in [6, 6.07) is 11.6. The molecule has 0 radical (unpaired) electrons. The summed E-state index contributed by atoms with van der Waals surface area (Å²) in [5.41, 5.74) is 1.86. The predicted octanol–water partition coefficient (Wildman–Crippen LogP) is 3.83. The summed E-state index contributed by atoms with van der Waals surface area (Å²) >= 11 is 7.38. The van der Waals surface area contributed by atoms with Gasteiger partial charge in [-0.3, -0.25) is 4.98 Å². The smallest absolute Gasteiger partial charge is 0.229 e. The first-order valence-corrected chi connectivity index (χ1v) is 11.5. The molecule has 1 N–H and O–H groups in total. The van der Waals surface area contributed by atoms with Crippen molar-refractivity contribution in [2.24, 2.45) is 0 Å². The molecule has 0 unspecified atom stereocenters. The number of hydrogen-bond acceptors (Lipinski definition) is 8. The van der Waals surface area contributed by atoms with Crippen LogP contribution >= 0.6 is 22.9 Å². The molecule has 0 spiro atoms. The van der Waals surface area contributed by atoms with Crippen molar-refractivity contribution in [1.82, 2.24) is 24.8 Å². The largest absolute Gasteiger partial charge is 0.365 e. The third kappa shape index (κ3) is 3.18. The van der Waals surface area contributed by atoms with Gasteiger partial charge in [-0.1, -0.05) is 22.9 Å². The number of nitrogens with one attached hydrogen (secondary N) is 1. The second-order valence-corrected chi connectivity index (χ2v) is 9.62. The number of pyridine rings is 1. The molecule has 0 aliphatic rings. The van der Waals surface area contributed by atoms with Gasteiger partial charge in [0.15, 0.2) is 5.65 Å². The summed E-state index contributed by atoms with van der Waals surface area (Å²) < 4.78 is 28.6. The Balaban J connectivity index is 1.64. The molecular formula is C19H13ClN6O2S2. The quantitative estimate of drug-likeness (QED) is 0.428. The maximum Gasteiger partial charge on any atom is 0.229 e. The van der Waals surface area contributed by atoms with Crippen LogP contribution in [0.1, 0.15) is 5.56 Å². The molecule has 5 aromatic rings. The first-order chi connectivity index (χ1) is 14.5. The van der Waals surface area contributed by atoms with Crippen molar-refractivity contribution in [2.45, 2.75) is 16.5 Å². The number of aromatic nitrogens is 5. The molecule has 4 heterocycles. The topological polar surface area (TPSA) is 102 Å². The van der Waals surface area contributed by atoms with Gasteiger partial charge in [0.2, 0.25) is 14.9 Å². The molecule has 0 fully saturated rings. The molecule has 1 aromatic carbocycles. The van der Waals surface area contributed by atoms with E-state index in [9.17, 15) is 8.42 Å². The summed E-state index contributed by atoms with van der Waals surface area (Å²) in [7, 11) is -3.92. The summed E-state index contributed by atoms with van der Waals surface area (Å²) in [5, 5.41) is 13.4. The van der Waals surface area contributed by atoms with Crippen LogP contribution in [0.4, 0.5) is 5.82 Å². The van der Waals surface area contributed by atoms with Crippen LogP contribution in [-0.2, 0) is 16.4 Å². The van der Waals surface area contributed by atoms with Crippen LogP contribution in [0, 0.1) is 0 Å². The number of benzene rings is 1. The van der Waals surface area contributed by atoms with Crippen LogP contribution in [-0.4, -0.2) is 33.2 Å². The molecule has 0 atom stereocenters. The van der Waals surface area contributed by atoms with E-state index >= 15 is 0 Å². The standard InChI is InChI=1S/C19H13ClN6O2S2/c20-13-3-5-14(6-4-13)30(27,28)19-18-23-17(22-11-12-2-1-8-21-10-12)16-15(7-9-29-16)26(18)25-24-19/h1-10H,11H2,(H,22,23). The lowest BCUT2D eigenvalue weighted by Gasteiger charge is -2.08. The molecule has 0 saturated carbocycles. The average Bonchev–Trinajstić information content (AvgIpc) is 3.40. The second-order valence-electron chi connectivity index (χ2n) is 6.40. The van der Waals surface area contributed by atoms with Crippen molar-refractivity contribution in [3.8, 4) is 0 Å². The van der Waals surface area contributed by atoms with E-state index in [0.717, 1.165) is 15.8 Å². The van der Waals surface area contributed by atoms with Gasteiger partial charge in [0, 0.05) is 24.0 Å². The van der Waals surface area contributed by atoms with Crippen molar-refractivity contribution in [2.75, 3.05) is 5.32 Å². The minimum atomic E-state index is -3.92. The molecular weight excluding hydrogens is 444 g/mol. The van der Waals surface area contributed by atoms with Gasteiger partial charge < -0.3 is 5.32 Å². The Morgan fingerprint density at radius 1 is 1.13 bits per heavy atom. The van der Waals surface area contributed by atoms with E-state index in [1.54, 1.807) is 12.4 Å². The fourth-order valence-electron chi connectivity index (χ4n) is 3.03. The van der Waals surface area contributed by atoms with E-state index in [-0.39, 0.29) is 15.6 Å². The minimum absolute atomic E-state index is 0.0754. The van der Waals surface area contributed by atoms with E-state index in [0.29, 0.717) is 17.4 Å². The number of fused-ring (bicyclic) bond motifs is 3. The van der Waals surface area contributed by atoms with E-state index in [4.69, 9.17) is 11.6 Å². The molecule has 0 aliphatic carbocycles. The molecule has 5 rings (SSSR count). The van der Waals surface area contributed by atoms with Gasteiger partial charge in [-0.05, 0) is 47.3 Å². The van der Waals surface area contributed by atoms with Crippen molar-refractivity contribution in [1.29, 1.82) is 0 Å². The van der Waals surface area contributed by atoms with Crippen molar-refractivity contribution in [3.63, 3.8) is 0 Å². The Bertz CT molecular complexity index is 1460. The Kier molecular flexibility index (Phi) is 4.61. The Hall–Kier alpha value is -3.08. The first kappa shape index (κ1) is 18.9. The third-order valence-electron chi connectivity index (χ3n) is 4.48. The molecule has 0 bridgehead atoms. The first-order valence-electron chi connectivity index (χ1n) is 8.80. The number of anilines is 1.